The summed E-state index contributed by atoms with van der Waals surface area (Å²) in [6, 6.07) is 0. The molecule has 1 fully saturated rings. The van der Waals surface area contributed by atoms with Crippen molar-refractivity contribution in [2.75, 3.05) is 20.2 Å². The zero-order valence-electron chi connectivity index (χ0n) is 12.4. The monoisotopic (exact) mass is 271 g/mol. The molecule has 0 N–H and O–H groups in total. The first-order valence-corrected chi connectivity index (χ1v) is 6.86. The molecule has 19 heavy (non-hydrogen) atoms. The molecule has 1 aliphatic rings. The fourth-order valence-electron chi connectivity index (χ4n) is 2.22. The van der Waals surface area contributed by atoms with Crippen LogP contribution in [0.2, 0.25) is 0 Å². The van der Waals surface area contributed by atoms with Crippen molar-refractivity contribution in [3.05, 3.63) is 0 Å². The first-order valence-electron chi connectivity index (χ1n) is 6.86. The zero-order chi connectivity index (χ0) is 14.5. The lowest BCUT2D eigenvalue weighted by atomic mass is 9.93. The van der Waals surface area contributed by atoms with Gasteiger partial charge in [-0.2, -0.15) is 0 Å². The van der Waals surface area contributed by atoms with E-state index in [4.69, 9.17) is 4.74 Å². The highest BCUT2D eigenvalue weighted by Gasteiger charge is 2.27. The number of amides is 1. The molecule has 1 saturated heterocycles. The summed E-state index contributed by atoms with van der Waals surface area (Å²) in [7, 11) is 1.40. The van der Waals surface area contributed by atoms with E-state index in [2.05, 4.69) is 4.74 Å². The molecule has 0 aliphatic carbocycles. The van der Waals surface area contributed by atoms with Crippen molar-refractivity contribution in [3.63, 3.8) is 0 Å². The molecule has 5 heteroatoms. The first kappa shape index (κ1) is 15.8. The van der Waals surface area contributed by atoms with E-state index in [0.29, 0.717) is 18.9 Å². The van der Waals surface area contributed by atoms with Crippen molar-refractivity contribution in [2.45, 2.75) is 52.1 Å². The van der Waals surface area contributed by atoms with Crippen LogP contribution >= 0.6 is 0 Å². The lowest BCUT2D eigenvalue weighted by molar-refractivity contribution is -0.141. The van der Waals surface area contributed by atoms with Gasteiger partial charge in [0.05, 0.1) is 7.11 Å². The normalized spacial score (nSPS) is 20.0. The topological polar surface area (TPSA) is 55.8 Å². The third-order valence-electron chi connectivity index (χ3n) is 3.16. The molecule has 1 heterocycles. The van der Waals surface area contributed by atoms with E-state index in [1.165, 1.54) is 7.11 Å². The Balaban J connectivity index is 2.41. The van der Waals surface area contributed by atoms with Crippen molar-refractivity contribution in [1.29, 1.82) is 0 Å². The molecule has 0 aromatic rings. The second-order valence-electron chi connectivity index (χ2n) is 6.05. The minimum absolute atomic E-state index is 0.186. The van der Waals surface area contributed by atoms with E-state index in [-0.39, 0.29) is 12.1 Å². The number of carbonyl (C=O) groups excluding carboxylic acids is 2. The predicted molar refractivity (Wildman–Crippen MR) is 71.8 cm³/mol. The Kier molecular flexibility index (Phi) is 5.63. The van der Waals surface area contributed by atoms with Gasteiger partial charge in [0.1, 0.15) is 5.60 Å². The summed E-state index contributed by atoms with van der Waals surface area (Å²) < 4.78 is 10.0. The SMILES string of the molecule is COC(=O)CC[C@@H]1CCCN(C(=O)OC(C)(C)C)C1. The minimum Gasteiger partial charge on any atom is -0.469 e. The van der Waals surface area contributed by atoms with Crippen LogP contribution in [0, 0.1) is 5.92 Å². The van der Waals surface area contributed by atoms with Crippen molar-refractivity contribution in [1.82, 2.24) is 4.90 Å². The molecule has 1 rings (SSSR count). The average molecular weight is 271 g/mol. The van der Waals surface area contributed by atoms with Crippen molar-refractivity contribution >= 4 is 12.1 Å². The zero-order valence-corrected chi connectivity index (χ0v) is 12.4. The van der Waals surface area contributed by atoms with Crippen LogP contribution in [0.4, 0.5) is 4.79 Å². The number of hydrogen-bond donors (Lipinski definition) is 0. The Morgan fingerprint density at radius 1 is 1.32 bits per heavy atom. The van der Waals surface area contributed by atoms with Crippen LogP contribution in [-0.4, -0.2) is 42.8 Å². The van der Waals surface area contributed by atoms with Gasteiger partial charge in [-0.3, -0.25) is 4.79 Å². The van der Waals surface area contributed by atoms with Gasteiger partial charge in [-0.1, -0.05) is 0 Å². The van der Waals surface area contributed by atoms with E-state index in [1.807, 2.05) is 20.8 Å². The molecular weight excluding hydrogens is 246 g/mol. The highest BCUT2D eigenvalue weighted by molar-refractivity contribution is 5.69. The molecule has 0 aromatic heterocycles. The van der Waals surface area contributed by atoms with Crippen LogP contribution in [0.15, 0.2) is 0 Å². The fraction of sp³-hybridized carbons (Fsp3) is 0.857. The van der Waals surface area contributed by atoms with Gasteiger partial charge in [-0.25, -0.2) is 4.79 Å². The van der Waals surface area contributed by atoms with Gasteiger partial charge in [0.25, 0.3) is 0 Å². The number of esters is 1. The summed E-state index contributed by atoms with van der Waals surface area (Å²) in [6.07, 6.45) is 2.95. The third-order valence-corrected chi connectivity index (χ3v) is 3.16. The molecule has 1 aliphatic heterocycles. The maximum absolute atomic E-state index is 12.0. The quantitative estimate of drug-likeness (QED) is 0.740. The summed E-state index contributed by atoms with van der Waals surface area (Å²) in [5.74, 6) is 0.176. The first-order chi connectivity index (χ1) is 8.81. The Morgan fingerprint density at radius 3 is 2.58 bits per heavy atom. The highest BCUT2D eigenvalue weighted by Crippen LogP contribution is 2.22. The van der Waals surface area contributed by atoms with E-state index in [1.54, 1.807) is 4.90 Å². The van der Waals surface area contributed by atoms with Crippen molar-refractivity contribution < 1.29 is 19.1 Å². The Bertz CT molecular complexity index is 322. The lowest BCUT2D eigenvalue weighted by Crippen LogP contribution is -2.42. The van der Waals surface area contributed by atoms with Crippen LogP contribution in [0.5, 0.6) is 0 Å². The van der Waals surface area contributed by atoms with Crippen LogP contribution in [0.3, 0.4) is 0 Å². The number of likely N-dealkylation sites (tertiary alicyclic amines) is 1. The molecule has 0 unspecified atom stereocenters. The van der Waals surface area contributed by atoms with E-state index < -0.39 is 5.60 Å². The summed E-state index contributed by atoms with van der Waals surface area (Å²) in [5, 5.41) is 0. The Labute approximate surface area is 115 Å². The predicted octanol–water partition coefficient (Wildman–Crippen LogP) is 2.59. The van der Waals surface area contributed by atoms with Crippen LogP contribution in [0.25, 0.3) is 0 Å². The average Bonchev–Trinajstić information content (AvgIpc) is 2.34. The van der Waals surface area contributed by atoms with Gasteiger partial charge >= 0.3 is 12.1 Å². The number of methoxy groups -OCH3 is 1. The minimum atomic E-state index is -0.462. The van der Waals surface area contributed by atoms with Gasteiger partial charge < -0.3 is 14.4 Å². The molecule has 0 bridgehead atoms. The molecule has 110 valence electrons. The van der Waals surface area contributed by atoms with E-state index >= 15 is 0 Å². The third kappa shape index (κ3) is 5.94. The van der Waals surface area contributed by atoms with Gasteiger partial charge in [0.15, 0.2) is 0 Å². The number of rotatable bonds is 3. The van der Waals surface area contributed by atoms with Gasteiger partial charge in [-0.15, -0.1) is 0 Å². The summed E-state index contributed by atoms with van der Waals surface area (Å²) in [5.41, 5.74) is -0.462. The van der Waals surface area contributed by atoms with Gasteiger partial charge in [0.2, 0.25) is 0 Å². The van der Waals surface area contributed by atoms with Gasteiger partial charge in [0, 0.05) is 19.5 Å². The molecular formula is C14H25NO4. The van der Waals surface area contributed by atoms with Crippen molar-refractivity contribution in [3.8, 4) is 0 Å². The fourth-order valence-corrected chi connectivity index (χ4v) is 2.22. The number of piperidine rings is 1. The van der Waals surface area contributed by atoms with Crippen molar-refractivity contribution in [2.24, 2.45) is 5.92 Å². The number of nitrogens with zero attached hydrogens (tertiary/aromatic N) is 1. The molecule has 1 atom stereocenters. The number of ether oxygens (including phenoxy) is 2. The number of carbonyl (C=O) groups is 2. The van der Waals surface area contributed by atoms with E-state index in [0.717, 1.165) is 25.8 Å². The summed E-state index contributed by atoms with van der Waals surface area (Å²) in [6.45, 7) is 7.01. The maximum Gasteiger partial charge on any atom is 0.410 e. The molecule has 0 aromatic carbocycles. The van der Waals surface area contributed by atoms with E-state index in [9.17, 15) is 9.59 Å². The molecule has 0 saturated carbocycles. The standard InChI is InChI=1S/C14H25NO4/c1-14(2,3)19-13(17)15-9-5-6-11(10-15)7-8-12(16)18-4/h11H,5-10H2,1-4H3/t11-/m0/s1. The smallest absolute Gasteiger partial charge is 0.410 e. The number of hydrogen-bond acceptors (Lipinski definition) is 4. The maximum atomic E-state index is 12.0. The molecule has 5 nitrogen and oxygen atoms in total. The molecule has 0 spiro atoms. The Morgan fingerprint density at radius 2 is 2.00 bits per heavy atom. The highest BCUT2D eigenvalue weighted by atomic mass is 16.6. The lowest BCUT2D eigenvalue weighted by Gasteiger charge is -2.34. The molecule has 0 radical (unpaired) electrons. The van der Waals surface area contributed by atoms with Crippen LogP contribution in [-0.2, 0) is 14.3 Å². The van der Waals surface area contributed by atoms with Gasteiger partial charge in [-0.05, 0) is 46.0 Å². The second-order valence-corrected chi connectivity index (χ2v) is 6.05. The largest absolute Gasteiger partial charge is 0.469 e. The summed E-state index contributed by atoms with van der Waals surface area (Å²) >= 11 is 0. The van der Waals surface area contributed by atoms with Crippen LogP contribution < -0.4 is 0 Å². The Hall–Kier alpha value is -1.26. The van der Waals surface area contributed by atoms with Crippen LogP contribution in [0.1, 0.15) is 46.5 Å². The second kappa shape index (κ2) is 6.78. The summed E-state index contributed by atoms with van der Waals surface area (Å²) in [4.78, 5) is 24.8. The molecule has 1 amide bonds.